The minimum atomic E-state index is -0.893. The van der Waals surface area contributed by atoms with Gasteiger partial charge in [-0.3, -0.25) is 0 Å². The zero-order chi connectivity index (χ0) is 14.7. The van der Waals surface area contributed by atoms with Crippen LogP contribution < -0.4 is 15.9 Å². The lowest BCUT2D eigenvalue weighted by Gasteiger charge is -2.20. The van der Waals surface area contributed by atoms with Crippen LogP contribution in [0.4, 0.5) is 0 Å². The maximum Gasteiger partial charge on any atom is 0.165 e. The fourth-order valence-electron chi connectivity index (χ4n) is 2.28. The smallest absolute Gasteiger partial charge is 0.165 e. The van der Waals surface area contributed by atoms with Crippen molar-refractivity contribution in [3.05, 3.63) is 78.9 Å². The SMILES string of the molecule is Oc1cccc(P(c2ccccc2)c2ccccc2)c1O. The summed E-state index contributed by atoms with van der Waals surface area (Å²) < 4.78 is 0. The number of benzene rings is 3. The van der Waals surface area contributed by atoms with Gasteiger partial charge in [-0.25, -0.2) is 0 Å². The first kappa shape index (κ1) is 13.7. The number of hydrogen-bond donors (Lipinski definition) is 2. The van der Waals surface area contributed by atoms with Crippen LogP contribution in [-0.2, 0) is 0 Å². The van der Waals surface area contributed by atoms with E-state index in [1.807, 2.05) is 42.5 Å². The molecule has 0 fully saturated rings. The summed E-state index contributed by atoms with van der Waals surface area (Å²) in [6.07, 6.45) is 0. The molecule has 0 spiro atoms. The molecule has 0 aliphatic heterocycles. The molecule has 0 heterocycles. The molecule has 0 saturated heterocycles. The van der Waals surface area contributed by atoms with Crippen LogP contribution in [0.1, 0.15) is 0 Å². The number of rotatable bonds is 3. The standard InChI is InChI=1S/C18H15O2P/c19-16-12-7-13-17(18(16)20)21(14-8-3-1-4-9-14)15-10-5-2-6-11-15/h1-13,19-20H. The minimum absolute atomic E-state index is 0.0312. The fourth-order valence-corrected chi connectivity index (χ4v) is 4.64. The molecule has 0 aliphatic rings. The van der Waals surface area contributed by atoms with Gasteiger partial charge in [-0.1, -0.05) is 66.7 Å². The van der Waals surface area contributed by atoms with Crippen molar-refractivity contribution >= 4 is 23.8 Å². The number of para-hydroxylation sites is 1. The third-order valence-corrected chi connectivity index (χ3v) is 5.73. The van der Waals surface area contributed by atoms with Gasteiger partial charge in [0, 0.05) is 5.30 Å². The zero-order valence-corrected chi connectivity index (χ0v) is 12.2. The van der Waals surface area contributed by atoms with Gasteiger partial charge >= 0.3 is 0 Å². The van der Waals surface area contributed by atoms with E-state index in [1.165, 1.54) is 6.07 Å². The summed E-state index contributed by atoms with van der Waals surface area (Å²) in [5, 5.41) is 23.1. The summed E-state index contributed by atoms with van der Waals surface area (Å²) in [5.74, 6) is -0.108. The molecular weight excluding hydrogens is 279 g/mol. The predicted molar refractivity (Wildman–Crippen MR) is 88.5 cm³/mol. The van der Waals surface area contributed by atoms with Gasteiger partial charge in [0.05, 0.1) is 0 Å². The molecular formula is C18H15O2P. The molecule has 0 unspecified atom stereocenters. The van der Waals surface area contributed by atoms with Crippen molar-refractivity contribution in [1.82, 2.24) is 0 Å². The average molecular weight is 294 g/mol. The quantitative estimate of drug-likeness (QED) is 0.576. The van der Waals surface area contributed by atoms with Crippen LogP contribution in [0.15, 0.2) is 78.9 Å². The number of phenolic OH excluding ortho intramolecular Hbond substituents is 2. The summed E-state index contributed by atoms with van der Waals surface area (Å²) >= 11 is 0. The van der Waals surface area contributed by atoms with E-state index in [0.717, 1.165) is 15.9 Å². The molecule has 3 rings (SSSR count). The summed E-state index contributed by atoms with van der Waals surface area (Å²) in [5.41, 5.74) is 0. The van der Waals surface area contributed by atoms with Gasteiger partial charge in [0.15, 0.2) is 11.5 Å². The highest BCUT2D eigenvalue weighted by Crippen LogP contribution is 2.38. The van der Waals surface area contributed by atoms with Gasteiger partial charge in [0.1, 0.15) is 0 Å². The summed E-state index contributed by atoms with van der Waals surface area (Å²) in [6, 6.07) is 25.3. The second-order valence-electron chi connectivity index (χ2n) is 4.65. The van der Waals surface area contributed by atoms with Crippen molar-refractivity contribution in [2.24, 2.45) is 0 Å². The zero-order valence-electron chi connectivity index (χ0n) is 11.3. The Morgan fingerprint density at radius 2 is 1.10 bits per heavy atom. The van der Waals surface area contributed by atoms with E-state index in [0.29, 0.717) is 0 Å². The minimum Gasteiger partial charge on any atom is -0.504 e. The summed E-state index contributed by atoms with van der Waals surface area (Å²) in [4.78, 5) is 0. The van der Waals surface area contributed by atoms with Crippen molar-refractivity contribution in [3.8, 4) is 11.5 Å². The van der Waals surface area contributed by atoms with Crippen LogP contribution in [0.25, 0.3) is 0 Å². The van der Waals surface area contributed by atoms with E-state index in [-0.39, 0.29) is 11.5 Å². The normalized spacial score (nSPS) is 10.7. The van der Waals surface area contributed by atoms with E-state index in [9.17, 15) is 10.2 Å². The van der Waals surface area contributed by atoms with Crippen molar-refractivity contribution in [3.63, 3.8) is 0 Å². The monoisotopic (exact) mass is 294 g/mol. The van der Waals surface area contributed by atoms with Crippen molar-refractivity contribution < 1.29 is 10.2 Å². The first-order valence-corrected chi connectivity index (χ1v) is 8.03. The maximum atomic E-state index is 10.3. The lowest BCUT2D eigenvalue weighted by atomic mass is 10.3. The number of phenols is 2. The van der Waals surface area contributed by atoms with Gasteiger partial charge < -0.3 is 10.2 Å². The van der Waals surface area contributed by atoms with Crippen LogP contribution in [0.5, 0.6) is 11.5 Å². The van der Waals surface area contributed by atoms with E-state index < -0.39 is 7.92 Å². The van der Waals surface area contributed by atoms with E-state index in [4.69, 9.17) is 0 Å². The molecule has 0 atom stereocenters. The molecule has 0 amide bonds. The van der Waals surface area contributed by atoms with Crippen LogP contribution in [0.2, 0.25) is 0 Å². The molecule has 3 aromatic rings. The Hall–Kier alpha value is -2.31. The molecule has 3 aromatic carbocycles. The first-order chi connectivity index (χ1) is 10.3. The summed E-state index contributed by atoms with van der Waals surface area (Å²) in [6.45, 7) is 0. The summed E-state index contributed by atoms with van der Waals surface area (Å²) in [7, 11) is -0.893. The Morgan fingerprint density at radius 1 is 0.571 bits per heavy atom. The number of aromatic hydroxyl groups is 2. The highest BCUT2D eigenvalue weighted by atomic mass is 31.1. The van der Waals surface area contributed by atoms with Crippen LogP contribution in [0, 0.1) is 0 Å². The average Bonchev–Trinajstić information content (AvgIpc) is 2.54. The van der Waals surface area contributed by atoms with Gasteiger partial charge in [-0.2, -0.15) is 0 Å². The highest BCUT2D eigenvalue weighted by Gasteiger charge is 2.20. The third-order valence-electron chi connectivity index (χ3n) is 3.26. The fraction of sp³-hybridized carbons (Fsp3) is 0. The van der Waals surface area contributed by atoms with E-state index in [2.05, 4.69) is 24.3 Å². The Kier molecular flexibility index (Phi) is 3.89. The predicted octanol–water partition coefficient (Wildman–Crippen LogP) is 2.86. The van der Waals surface area contributed by atoms with Crippen LogP contribution >= 0.6 is 7.92 Å². The second kappa shape index (κ2) is 5.99. The van der Waals surface area contributed by atoms with Crippen LogP contribution in [0.3, 0.4) is 0 Å². The van der Waals surface area contributed by atoms with Crippen molar-refractivity contribution in [1.29, 1.82) is 0 Å². The third kappa shape index (κ3) is 2.76. The first-order valence-electron chi connectivity index (χ1n) is 6.68. The molecule has 0 aromatic heterocycles. The van der Waals surface area contributed by atoms with Gasteiger partial charge in [-0.15, -0.1) is 0 Å². The lowest BCUT2D eigenvalue weighted by Crippen LogP contribution is -2.20. The Balaban J connectivity index is 2.20. The maximum absolute atomic E-state index is 10.3. The van der Waals surface area contributed by atoms with E-state index >= 15 is 0 Å². The van der Waals surface area contributed by atoms with E-state index in [1.54, 1.807) is 6.07 Å². The van der Waals surface area contributed by atoms with Gasteiger partial charge in [-0.05, 0) is 30.7 Å². The highest BCUT2D eigenvalue weighted by molar-refractivity contribution is 7.80. The molecule has 3 heteroatoms. The Bertz CT molecular complexity index is 687. The molecule has 0 aliphatic carbocycles. The lowest BCUT2D eigenvalue weighted by molar-refractivity contribution is 0.407. The van der Waals surface area contributed by atoms with Crippen LogP contribution in [-0.4, -0.2) is 10.2 Å². The number of hydrogen-bond acceptors (Lipinski definition) is 2. The van der Waals surface area contributed by atoms with Gasteiger partial charge in [0.25, 0.3) is 0 Å². The van der Waals surface area contributed by atoms with Crippen molar-refractivity contribution in [2.75, 3.05) is 0 Å². The molecule has 2 N–H and O–H groups in total. The molecule has 104 valence electrons. The molecule has 21 heavy (non-hydrogen) atoms. The van der Waals surface area contributed by atoms with Gasteiger partial charge in [0.2, 0.25) is 0 Å². The Morgan fingerprint density at radius 3 is 1.62 bits per heavy atom. The topological polar surface area (TPSA) is 40.5 Å². The van der Waals surface area contributed by atoms with Crippen molar-refractivity contribution in [2.45, 2.75) is 0 Å². The molecule has 2 nitrogen and oxygen atoms in total. The molecule has 0 radical (unpaired) electrons. The Labute approximate surface area is 125 Å². The largest absolute Gasteiger partial charge is 0.504 e. The molecule has 0 saturated carbocycles. The second-order valence-corrected chi connectivity index (χ2v) is 6.84. The molecule has 0 bridgehead atoms.